The van der Waals surface area contributed by atoms with Crippen molar-refractivity contribution >= 4 is 11.6 Å². The van der Waals surface area contributed by atoms with Gasteiger partial charge < -0.3 is 15.7 Å². The first-order chi connectivity index (χ1) is 7.26. The zero-order chi connectivity index (χ0) is 11.1. The summed E-state index contributed by atoms with van der Waals surface area (Å²) in [6, 6.07) is 6.05. The highest BCUT2D eigenvalue weighted by Crippen LogP contribution is 2.10. The summed E-state index contributed by atoms with van der Waals surface area (Å²) in [7, 11) is 0. The minimum Gasteiger partial charge on any atom is -0.396 e. The molecule has 4 nitrogen and oxygen atoms in total. The fourth-order valence-corrected chi connectivity index (χ4v) is 1.31. The van der Waals surface area contributed by atoms with Crippen molar-refractivity contribution in [1.29, 1.82) is 0 Å². The second-order valence-electron chi connectivity index (χ2n) is 3.50. The number of anilines is 2. The van der Waals surface area contributed by atoms with E-state index in [2.05, 4.69) is 15.6 Å². The molecule has 0 aromatic carbocycles. The second kappa shape index (κ2) is 6.24. The van der Waals surface area contributed by atoms with Gasteiger partial charge in [-0.2, -0.15) is 0 Å². The number of aliphatic hydroxyl groups excluding tert-OH is 1. The third kappa shape index (κ3) is 4.16. The van der Waals surface area contributed by atoms with Gasteiger partial charge in [0.05, 0.1) is 0 Å². The van der Waals surface area contributed by atoms with Crippen LogP contribution in [0.2, 0.25) is 0 Å². The monoisotopic (exact) mass is 209 g/mol. The molecule has 1 unspecified atom stereocenters. The van der Waals surface area contributed by atoms with Gasteiger partial charge in [0, 0.05) is 19.2 Å². The molecule has 0 amide bonds. The van der Waals surface area contributed by atoms with E-state index in [-0.39, 0.29) is 12.6 Å². The normalized spacial score (nSPS) is 12.2. The minimum absolute atomic E-state index is 0.196. The van der Waals surface area contributed by atoms with Crippen molar-refractivity contribution in [2.24, 2.45) is 0 Å². The zero-order valence-electron chi connectivity index (χ0n) is 9.33. The SMILES string of the molecule is CCNc1cccc(NC(C)CCO)n1. The molecule has 0 spiro atoms. The number of hydrogen-bond donors (Lipinski definition) is 3. The van der Waals surface area contributed by atoms with Crippen molar-refractivity contribution in [2.75, 3.05) is 23.8 Å². The van der Waals surface area contributed by atoms with Gasteiger partial charge in [-0.25, -0.2) is 4.98 Å². The van der Waals surface area contributed by atoms with E-state index in [9.17, 15) is 0 Å². The van der Waals surface area contributed by atoms with Crippen LogP contribution in [0.4, 0.5) is 11.6 Å². The van der Waals surface area contributed by atoms with Crippen LogP contribution in [0, 0.1) is 0 Å². The second-order valence-corrected chi connectivity index (χ2v) is 3.50. The third-order valence-electron chi connectivity index (χ3n) is 2.06. The highest BCUT2D eigenvalue weighted by atomic mass is 16.3. The van der Waals surface area contributed by atoms with Gasteiger partial charge in [-0.05, 0) is 32.4 Å². The zero-order valence-corrected chi connectivity index (χ0v) is 9.33. The average Bonchev–Trinajstić information content (AvgIpc) is 2.19. The van der Waals surface area contributed by atoms with Crippen molar-refractivity contribution < 1.29 is 5.11 Å². The summed E-state index contributed by atoms with van der Waals surface area (Å²) in [5, 5.41) is 15.2. The number of hydrogen-bond acceptors (Lipinski definition) is 4. The number of aromatic nitrogens is 1. The lowest BCUT2D eigenvalue weighted by molar-refractivity contribution is 0.282. The fraction of sp³-hybridized carbons (Fsp3) is 0.545. The fourth-order valence-electron chi connectivity index (χ4n) is 1.31. The molecule has 1 aromatic rings. The van der Waals surface area contributed by atoms with Gasteiger partial charge in [0.2, 0.25) is 0 Å². The number of pyridine rings is 1. The van der Waals surface area contributed by atoms with Crippen molar-refractivity contribution in [3.05, 3.63) is 18.2 Å². The predicted octanol–water partition coefficient (Wildman–Crippen LogP) is 1.70. The van der Waals surface area contributed by atoms with Crippen LogP contribution in [0.15, 0.2) is 18.2 Å². The van der Waals surface area contributed by atoms with Crippen LogP contribution in [0.3, 0.4) is 0 Å². The van der Waals surface area contributed by atoms with Crippen LogP contribution in [-0.2, 0) is 0 Å². The van der Waals surface area contributed by atoms with Gasteiger partial charge in [-0.3, -0.25) is 0 Å². The topological polar surface area (TPSA) is 57.2 Å². The van der Waals surface area contributed by atoms with Gasteiger partial charge in [-0.15, -0.1) is 0 Å². The molecule has 0 aliphatic rings. The van der Waals surface area contributed by atoms with Crippen molar-refractivity contribution in [2.45, 2.75) is 26.3 Å². The van der Waals surface area contributed by atoms with Crippen molar-refractivity contribution in [3.8, 4) is 0 Å². The maximum Gasteiger partial charge on any atom is 0.128 e. The largest absolute Gasteiger partial charge is 0.396 e. The Morgan fingerprint density at radius 3 is 2.80 bits per heavy atom. The van der Waals surface area contributed by atoms with E-state index in [1.807, 2.05) is 32.0 Å². The third-order valence-corrected chi connectivity index (χ3v) is 2.06. The van der Waals surface area contributed by atoms with E-state index >= 15 is 0 Å². The van der Waals surface area contributed by atoms with Crippen LogP contribution in [0.25, 0.3) is 0 Å². The van der Waals surface area contributed by atoms with Crippen LogP contribution in [-0.4, -0.2) is 29.3 Å². The maximum absolute atomic E-state index is 8.78. The lowest BCUT2D eigenvalue weighted by atomic mass is 10.2. The quantitative estimate of drug-likeness (QED) is 0.667. The molecule has 15 heavy (non-hydrogen) atoms. The first kappa shape index (κ1) is 11.8. The Balaban J connectivity index is 2.56. The average molecular weight is 209 g/mol. The summed E-state index contributed by atoms with van der Waals surface area (Å²) in [6.45, 7) is 5.12. The van der Waals surface area contributed by atoms with E-state index in [1.54, 1.807) is 0 Å². The Bertz CT molecular complexity index is 291. The molecule has 0 fully saturated rings. The Labute approximate surface area is 90.7 Å². The summed E-state index contributed by atoms with van der Waals surface area (Å²) < 4.78 is 0. The van der Waals surface area contributed by atoms with Crippen LogP contribution in [0.1, 0.15) is 20.3 Å². The van der Waals surface area contributed by atoms with Crippen LogP contribution in [0.5, 0.6) is 0 Å². The summed E-state index contributed by atoms with van der Waals surface area (Å²) >= 11 is 0. The molecular formula is C11H19N3O. The van der Waals surface area contributed by atoms with E-state index in [4.69, 9.17) is 5.11 Å². The Morgan fingerprint density at radius 2 is 2.13 bits per heavy atom. The molecule has 0 aliphatic carbocycles. The number of nitrogens with zero attached hydrogens (tertiary/aromatic N) is 1. The highest BCUT2D eigenvalue weighted by Gasteiger charge is 2.02. The summed E-state index contributed by atoms with van der Waals surface area (Å²) in [4.78, 5) is 4.38. The van der Waals surface area contributed by atoms with Crippen molar-refractivity contribution in [3.63, 3.8) is 0 Å². The molecule has 0 bridgehead atoms. The molecule has 0 saturated heterocycles. The highest BCUT2D eigenvalue weighted by molar-refractivity contribution is 5.45. The molecule has 4 heteroatoms. The minimum atomic E-state index is 0.196. The molecule has 1 atom stereocenters. The molecule has 3 N–H and O–H groups in total. The van der Waals surface area contributed by atoms with Crippen molar-refractivity contribution in [1.82, 2.24) is 4.98 Å². The smallest absolute Gasteiger partial charge is 0.128 e. The first-order valence-electron chi connectivity index (χ1n) is 5.34. The van der Waals surface area contributed by atoms with E-state index in [0.29, 0.717) is 0 Å². The molecule has 1 aromatic heterocycles. The summed E-state index contributed by atoms with van der Waals surface area (Å²) in [5.41, 5.74) is 0. The number of aliphatic hydroxyl groups is 1. The predicted molar refractivity (Wildman–Crippen MR) is 63.2 cm³/mol. The van der Waals surface area contributed by atoms with Gasteiger partial charge in [-0.1, -0.05) is 6.07 Å². The van der Waals surface area contributed by atoms with Crippen LogP contribution >= 0.6 is 0 Å². The molecule has 0 saturated carbocycles. The molecule has 84 valence electrons. The summed E-state index contributed by atoms with van der Waals surface area (Å²) in [6.07, 6.45) is 0.729. The lowest BCUT2D eigenvalue weighted by Crippen LogP contribution is -2.17. The first-order valence-corrected chi connectivity index (χ1v) is 5.34. The Hall–Kier alpha value is -1.29. The van der Waals surface area contributed by atoms with E-state index in [0.717, 1.165) is 24.6 Å². The molecule has 1 heterocycles. The van der Waals surface area contributed by atoms with E-state index < -0.39 is 0 Å². The number of nitrogens with one attached hydrogen (secondary N) is 2. The van der Waals surface area contributed by atoms with Crippen LogP contribution < -0.4 is 10.6 Å². The maximum atomic E-state index is 8.78. The number of rotatable bonds is 6. The van der Waals surface area contributed by atoms with Gasteiger partial charge in [0.15, 0.2) is 0 Å². The van der Waals surface area contributed by atoms with Gasteiger partial charge >= 0.3 is 0 Å². The molecule has 0 radical (unpaired) electrons. The molecular weight excluding hydrogens is 190 g/mol. The van der Waals surface area contributed by atoms with E-state index in [1.165, 1.54) is 0 Å². The standard InChI is InChI=1S/C11H19N3O/c1-3-12-10-5-4-6-11(14-10)13-9(2)7-8-15/h4-6,9,15H,3,7-8H2,1-2H3,(H2,12,13,14). The summed E-state index contributed by atoms with van der Waals surface area (Å²) in [5.74, 6) is 1.72. The molecule has 0 aliphatic heterocycles. The van der Waals surface area contributed by atoms with Gasteiger partial charge in [0.25, 0.3) is 0 Å². The lowest BCUT2D eigenvalue weighted by Gasteiger charge is -2.13. The Kier molecular flexibility index (Phi) is 4.90. The Morgan fingerprint density at radius 1 is 1.40 bits per heavy atom. The van der Waals surface area contributed by atoms with Gasteiger partial charge in [0.1, 0.15) is 11.6 Å². The molecule has 1 rings (SSSR count).